The van der Waals surface area contributed by atoms with E-state index >= 15 is 0 Å². The summed E-state index contributed by atoms with van der Waals surface area (Å²) in [5.74, 6) is -0.0943. The van der Waals surface area contributed by atoms with E-state index < -0.39 is 0 Å². The standard InChI is InChI=1S/C13H16ClNO2/c14-12-5-3-10(4-6-12)9-17-13(16)11-2-1-7-15-8-11/h3-6,11,15H,1-2,7-9H2. The van der Waals surface area contributed by atoms with Crippen molar-refractivity contribution >= 4 is 17.6 Å². The molecule has 1 aromatic carbocycles. The monoisotopic (exact) mass is 253 g/mol. The fourth-order valence-electron chi connectivity index (χ4n) is 1.91. The Kier molecular flexibility index (Phi) is 4.40. The summed E-state index contributed by atoms with van der Waals surface area (Å²) in [5, 5.41) is 3.89. The van der Waals surface area contributed by atoms with E-state index in [1.807, 2.05) is 12.1 Å². The first kappa shape index (κ1) is 12.4. The molecule has 17 heavy (non-hydrogen) atoms. The summed E-state index contributed by atoms with van der Waals surface area (Å²) in [6.45, 7) is 2.06. The smallest absolute Gasteiger partial charge is 0.310 e. The first-order chi connectivity index (χ1) is 8.25. The second kappa shape index (κ2) is 6.03. The molecule has 1 unspecified atom stereocenters. The van der Waals surface area contributed by atoms with Crippen LogP contribution in [-0.2, 0) is 16.1 Å². The average molecular weight is 254 g/mol. The molecule has 1 fully saturated rings. The lowest BCUT2D eigenvalue weighted by molar-refractivity contribution is -0.150. The van der Waals surface area contributed by atoms with E-state index in [-0.39, 0.29) is 11.9 Å². The molecule has 0 amide bonds. The number of piperidine rings is 1. The minimum Gasteiger partial charge on any atom is -0.461 e. The molecule has 0 saturated carbocycles. The molecule has 1 atom stereocenters. The van der Waals surface area contributed by atoms with Crippen LogP contribution < -0.4 is 5.32 Å². The highest BCUT2D eigenvalue weighted by atomic mass is 35.5. The molecule has 0 bridgehead atoms. The van der Waals surface area contributed by atoms with Gasteiger partial charge < -0.3 is 10.1 Å². The van der Waals surface area contributed by atoms with Gasteiger partial charge in [0.15, 0.2) is 0 Å². The fraction of sp³-hybridized carbons (Fsp3) is 0.462. The van der Waals surface area contributed by atoms with Crippen LogP contribution >= 0.6 is 11.6 Å². The summed E-state index contributed by atoms with van der Waals surface area (Å²) in [5.41, 5.74) is 0.964. The van der Waals surface area contributed by atoms with Crippen molar-refractivity contribution in [1.82, 2.24) is 5.32 Å². The Labute approximate surface area is 106 Å². The van der Waals surface area contributed by atoms with Gasteiger partial charge in [-0.3, -0.25) is 4.79 Å². The number of carbonyl (C=O) groups is 1. The number of nitrogens with one attached hydrogen (secondary N) is 1. The van der Waals surface area contributed by atoms with Crippen LogP contribution in [0.25, 0.3) is 0 Å². The zero-order chi connectivity index (χ0) is 12.1. The predicted octanol–water partition coefficient (Wildman–Crippen LogP) is 2.38. The van der Waals surface area contributed by atoms with Crippen molar-refractivity contribution in [2.24, 2.45) is 5.92 Å². The van der Waals surface area contributed by atoms with Gasteiger partial charge in [-0.15, -0.1) is 0 Å². The lowest BCUT2D eigenvalue weighted by atomic mass is 10.0. The van der Waals surface area contributed by atoms with E-state index in [0.29, 0.717) is 11.6 Å². The summed E-state index contributed by atoms with van der Waals surface area (Å²) in [7, 11) is 0. The van der Waals surface area contributed by atoms with Crippen molar-refractivity contribution in [3.63, 3.8) is 0 Å². The van der Waals surface area contributed by atoms with Crippen molar-refractivity contribution in [2.75, 3.05) is 13.1 Å². The number of esters is 1. The molecule has 92 valence electrons. The van der Waals surface area contributed by atoms with E-state index in [1.165, 1.54) is 0 Å². The minimum absolute atomic E-state index is 0.0102. The van der Waals surface area contributed by atoms with E-state index in [0.717, 1.165) is 31.5 Å². The molecule has 1 aromatic rings. The van der Waals surface area contributed by atoms with Crippen LogP contribution in [-0.4, -0.2) is 19.1 Å². The molecule has 2 rings (SSSR count). The number of hydrogen-bond donors (Lipinski definition) is 1. The van der Waals surface area contributed by atoms with Crippen molar-refractivity contribution in [2.45, 2.75) is 19.4 Å². The topological polar surface area (TPSA) is 38.3 Å². The summed E-state index contributed by atoms with van der Waals surface area (Å²) in [6.07, 6.45) is 1.97. The largest absolute Gasteiger partial charge is 0.461 e. The van der Waals surface area contributed by atoms with Crippen molar-refractivity contribution < 1.29 is 9.53 Å². The van der Waals surface area contributed by atoms with Crippen LogP contribution in [0.15, 0.2) is 24.3 Å². The van der Waals surface area contributed by atoms with Crippen molar-refractivity contribution in [1.29, 1.82) is 0 Å². The molecule has 4 heteroatoms. The molecule has 1 N–H and O–H groups in total. The Bertz CT molecular complexity index is 372. The number of benzene rings is 1. The lowest BCUT2D eigenvalue weighted by Gasteiger charge is -2.21. The maximum atomic E-state index is 11.8. The SMILES string of the molecule is O=C(OCc1ccc(Cl)cc1)C1CCCNC1. The van der Waals surface area contributed by atoms with Crippen LogP contribution in [0.3, 0.4) is 0 Å². The zero-order valence-corrected chi connectivity index (χ0v) is 10.4. The van der Waals surface area contributed by atoms with Gasteiger partial charge >= 0.3 is 5.97 Å². The lowest BCUT2D eigenvalue weighted by Crippen LogP contribution is -2.35. The van der Waals surface area contributed by atoms with Crippen molar-refractivity contribution in [3.8, 4) is 0 Å². The fourth-order valence-corrected chi connectivity index (χ4v) is 2.03. The predicted molar refractivity (Wildman–Crippen MR) is 66.8 cm³/mol. The average Bonchev–Trinajstić information content (AvgIpc) is 2.39. The number of hydrogen-bond acceptors (Lipinski definition) is 3. The second-order valence-corrected chi connectivity index (χ2v) is 4.71. The molecular weight excluding hydrogens is 238 g/mol. The maximum Gasteiger partial charge on any atom is 0.310 e. The van der Waals surface area contributed by atoms with Gasteiger partial charge in [-0.05, 0) is 37.1 Å². The van der Waals surface area contributed by atoms with Crippen LogP contribution in [0, 0.1) is 5.92 Å². The summed E-state index contributed by atoms with van der Waals surface area (Å²) < 4.78 is 5.29. The number of ether oxygens (including phenoxy) is 1. The molecule has 0 aromatic heterocycles. The molecule has 1 heterocycles. The van der Waals surface area contributed by atoms with Gasteiger partial charge in [-0.1, -0.05) is 23.7 Å². The number of halogens is 1. The molecule has 1 aliphatic heterocycles. The Morgan fingerprint density at radius 2 is 2.18 bits per heavy atom. The molecule has 3 nitrogen and oxygen atoms in total. The first-order valence-electron chi connectivity index (χ1n) is 5.87. The highest BCUT2D eigenvalue weighted by Gasteiger charge is 2.22. The zero-order valence-electron chi connectivity index (χ0n) is 9.62. The molecule has 0 aliphatic carbocycles. The minimum atomic E-state index is -0.104. The normalized spacial score (nSPS) is 19.9. The Hall–Kier alpha value is -1.06. The summed E-state index contributed by atoms with van der Waals surface area (Å²) in [4.78, 5) is 11.8. The second-order valence-electron chi connectivity index (χ2n) is 4.28. The third-order valence-electron chi connectivity index (χ3n) is 2.92. The number of rotatable bonds is 3. The molecule has 0 spiro atoms. The quantitative estimate of drug-likeness (QED) is 0.841. The molecular formula is C13H16ClNO2. The van der Waals surface area contributed by atoms with Crippen molar-refractivity contribution in [3.05, 3.63) is 34.9 Å². The Morgan fingerprint density at radius 1 is 1.41 bits per heavy atom. The Balaban J connectivity index is 1.81. The number of carbonyl (C=O) groups excluding carboxylic acids is 1. The third-order valence-corrected chi connectivity index (χ3v) is 3.18. The molecule has 0 radical (unpaired) electrons. The highest BCUT2D eigenvalue weighted by molar-refractivity contribution is 6.30. The van der Waals surface area contributed by atoms with E-state index in [4.69, 9.17) is 16.3 Å². The molecule has 1 aliphatic rings. The van der Waals surface area contributed by atoms with Gasteiger partial charge in [-0.2, -0.15) is 0 Å². The maximum absolute atomic E-state index is 11.8. The van der Waals surface area contributed by atoms with E-state index in [1.54, 1.807) is 12.1 Å². The van der Waals surface area contributed by atoms with Gasteiger partial charge in [-0.25, -0.2) is 0 Å². The Morgan fingerprint density at radius 3 is 2.82 bits per heavy atom. The van der Waals surface area contributed by atoms with Crippen LogP contribution in [0.4, 0.5) is 0 Å². The van der Waals surface area contributed by atoms with E-state index in [9.17, 15) is 4.79 Å². The van der Waals surface area contributed by atoms with E-state index in [2.05, 4.69) is 5.32 Å². The van der Waals surface area contributed by atoms with Gasteiger partial charge in [0, 0.05) is 11.6 Å². The third kappa shape index (κ3) is 3.72. The van der Waals surface area contributed by atoms with Crippen LogP contribution in [0.2, 0.25) is 5.02 Å². The molecule has 1 saturated heterocycles. The summed E-state index contributed by atoms with van der Waals surface area (Å²) in [6, 6.07) is 7.34. The van der Waals surface area contributed by atoms with Crippen LogP contribution in [0.1, 0.15) is 18.4 Å². The first-order valence-corrected chi connectivity index (χ1v) is 6.25. The van der Waals surface area contributed by atoms with Crippen LogP contribution in [0.5, 0.6) is 0 Å². The van der Waals surface area contributed by atoms with Gasteiger partial charge in [0.25, 0.3) is 0 Å². The summed E-state index contributed by atoms with van der Waals surface area (Å²) >= 11 is 5.78. The van der Waals surface area contributed by atoms with Gasteiger partial charge in [0.1, 0.15) is 6.61 Å². The van der Waals surface area contributed by atoms with Gasteiger partial charge in [0.2, 0.25) is 0 Å². The van der Waals surface area contributed by atoms with Gasteiger partial charge in [0.05, 0.1) is 5.92 Å². The highest BCUT2D eigenvalue weighted by Crippen LogP contribution is 2.14.